The van der Waals surface area contributed by atoms with E-state index in [4.69, 9.17) is 0 Å². The number of hydrogen-bond donors (Lipinski definition) is 2. The first-order chi connectivity index (χ1) is 14.0. The molecule has 0 bridgehead atoms. The Hall–Kier alpha value is -2.81. The summed E-state index contributed by atoms with van der Waals surface area (Å²) in [6, 6.07) is 5.56. The molecule has 2 aromatic rings. The van der Waals surface area contributed by atoms with Gasteiger partial charge in [0.2, 0.25) is 11.8 Å². The zero-order chi connectivity index (χ0) is 22.6. The van der Waals surface area contributed by atoms with E-state index in [1.807, 2.05) is 39.8 Å². The minimum Gasteiger partial charge on any atom is -0.494 e. The summed E-state index contributed by atoms with van der Waals surface area (Å²) < 4.78 is 1.89. The molecule has 30 heavy (non-hydrogen) atoms. The van der Waals surface area contributed by atoms with E-state index in [1.165, 1.54) is 14.1 Å². The summed E-state index contributed by atoms with van der Waals surface area (Å²) in [4.78, 5) is 41.6. The summed E-state index contributed by atoms with van der Waals surface area (Å²) in [5, 5.41) is 13.5. The third-order valence-corrected chi connectivity index (χ3v) is 5.59. The number of benzene rings is 1. The van der Waals surface area contributed by atoms with Crippen molar-refractivity contribution in [3.05, 3.63) is 55.7 Å². The highest BCUT2D eigenvalue weighted by Crippen LogP contribution is 2.24. The Labute approximate surface area is 179 Å². The van der Waals surface area contributed by atoms with Crippen LogP contribution in [0.4, 0.5) is 5.69 Å². The van der Waals surface area contributed by atoms with Gasteiger partial charge in [-0.2, -0.15) is 0 Å². The third kappa shape index (κ3) is 5.41. The molecular weight excluding hydrogens is 404 g/mol. The largest absolute Gasteiger partial charge is 0.494 e. The number of aryl methyl sites for hydroxylation is 2. The summed E-state index contributed by atoms with van der Waals surface area (Å²) in [5.74, 6) is -0.368. The van der Waals surface area contributed by atoms with Gasteiger partial charge in [0.25, 0.3) is 5.56 Å². The number of carbonyl (C=O) groups excluding carboxylic acids is 1. The van der Waals surface area contributed by atoms with E-state index < -0.39 is 17.1 Å². The molecule has 0 aliphatic heterocycles. The number of rotatable bonds is 6. The fourth-order valence-corrected chi connectivity index (χ4v) is 3.46. The van der Waals surface area contributed by atoms with Crippen molar-refractivity contribution in [2.24, 2.45) is 25.0 Å². The van der Waals surface area contributed by atoms with Gasteiger partial charge < -0.3 is 10.4 Å². The van der Waals surface area contributed by atoms with E-state index in [-0.39, 0.29) is 22.3 Å². The first-order valence-corrected chi connectivity index (χ1v) is 10.6. The normalized spacial score (nSPS) is 11.8. The third-order valence-electron chi connectivity index (χ3n) is 4.62. The Morgan fingerprint density at radius 3 is 2.43 bits per heavy atom. The maximum absolute atomic E-state index is 12.8. The van der Waals surface area contributed by atoms with Crippen LogP contribution in [0.2, 0.25) is 0 Å². The van der Waals surface area contributed by atoms with Crippen LogP contribution < -0.4 is 16.6 Å². The predicted molar refractivity (Wildman–Crippen MR) is 121 cm³/mol. The van der Waals surface area contributed by atoms with Gasteiger partial charge in [-0.1, -0.05) is 31.7 Å². The summed E-state index contributed by atoms with van der Waals surface area (Å²) in [5.41, 5.74) is 1.27. The Bertz CT molecular complexity index is 1100. The number of nitrogens with zero attached hydrogens (tertiary/aromatic N) is 3. The zero-order valence-corrected chi connectivity index (χ0v) is 19.0. The molecule has 9 heteroatoms. The van der Waals surface area contributed by atoms with Gasteiger partial charge >= 0.3 is 5.69 Å². The average molecular weight is 433 g/mol. The van der Waals surface area contributed by atoms with Gasteiger partial charge in [0.1, 0.15) is 10.6 Å². The standard InChI is InChI=1S/C21H28N4O4S/c1-12(2)10-22-16(26)11-30-18(23-15-8-7-13(3)14(4)9-15)17-19(27)24(5)21(29)25(6)20(17)28/h7-9,12,27H,10-11H2,1-6H3,(H,22,26). The van der Waals surface area contributed by atoms with Gasteiger partial charge in [-0.05, 0) is 43.0 Å². The minimum atomic E-state index is -0.673. The molecule has 0 atom stereocenters. The lowest BCUT2D eigenvalue weighted by atomic mass is 10.1. The highest BCUT2D eigenvalue weighted by molar-refractivity contribution is 8.15. The lowest BCUT2D eigenvalue weighted by Gasteiger charge is -2.13. The average Bonchev–Trinajstić information content (AvgIpc) is 2.70. The molecule has 0 aliphatic carbocycles. The van der Waals surface area contributed by atoms with Crippen LogP contribution in [0.25, 0.3) is 0 Å². The molecule has 0 saturated carbocycles. The molecule has 0 radical (unpaired) electrons. The van der Waals surface area contributed by atoms with Crippen LogP contribution in [0.5, 0.6) is 5.88 Å². The van der Waals surface area contributed by atoms with E-state index in [0.29, 0.717) is 18.2 Å². The molecule has 2 N–H and O–H groups in total. The number of thioether (sulfide) groups is 1. The van der Waals surface area contributed by atoms with E-state index in [9.17, 15) is 19.5 Å². The number of aromatic nitrogens is 2. The lowest BCUT2D eigenvalue weighted by Crippen LogP contribution is -2.40. The highest BCUT2D eigenvalue weighted by Gasteiger charge is 2.22. The van der Waals surface area contributed by atoms with Crippen molar-refractivity contribution in [2.45, 2.75) is 27.7 Å². The fourth-order valence-electron chi connectivity index (χ4n) is 2.60. The molecule has 1 aromatic carbocycles. The van der Waals surface area contributed by atoms with Gasteiger partial charge in [-0.25, -0.2) is 9.79 Å². The maximum atomic E-state index is 12.8. The zero-order valence-electron chi connectivity index (χ0n) is 18.1. The first-order valence-electron chi connectivity index (χ1n) is 9.57. The van der Waals surface area contributed by atoms with Crippen LogP contribution in [0, 0.1) is 19.8 Å². The van der Waals surface area contributed by atoms with Gasteiger partial charge in [-0.15, -0.1) is 0 Å². The fraction of sp³-hybridized carbons (Fsp3) is 0.429. The highest BCUT2D eigenvalue weighted by atomic mass is 32.2. The van der Waals surface area contributed by atoms with Crippen molar-refractivity contribution >= 4 is 28.4 Å². The molecule has 0 aliphatic rings. The molecule has 0 spiro atoms. The number of aliphatic imine (C=N–C) groups is 1. The molecular formula is C21H28N4O4S. The van der Waals surface area contributed by atoms with Crippen molar-refractivity contribution in [3.8, 4) is 5.88 Å². The van der Waals surface area contributed by atoms with Crippen LogP contribution in [0.3, 0.4) is 0 Å². The Balaban J connectivity index is 2.53. The van der Waals surface area contributed by atoms with E-state index in [2.05, 4.69) is 10.3 Å². The van der Waals surface area contributed by atoms with Crippen molar-refractivity contribution in [1.82, 2.24) is 14.5 Å². The summed E-state index contributed by atoms with van der Waals surface area (Å²) in [6.07, 6.45) is 0. The number of amides is 1. The van der Waals surface area contributed by atoms with E-state index in [1.54, 1.807) is 6.07 Å². The van der Waals surface area contributed by atoms with Crippen molar-refractivity contribution in [1.29, 1.82) is 0 Å². The summed E-state index contributed by atoms with van der Waals surface area (Å²) >= 11 is 1.04. The van der Waals surface area contributed by atoms with E-state index in [0.717, 1.165) is 32.0 Å². The Kier molecular flexibility index (Phi) is 7.66. The number of hydrogen-bond acceptors (Lipinski definition) is 6. The van der Waals surface area contributed by atoms with Crippen molar-refractivity contribution < 1.29 is 9.90 Å². The van der Waals surface area contributed by atoms with Gasteiger partial charge in [0.05, 0.1) is 11.4 Å². The van der Waals surface area contributed by atoms with E-state index >= 15 is 0 Å². The predicted octanol–water partition coefficient (Wildman–Crippen LogP) is 1.99. The number of aromatic hydroxyl groups is 1. The van der Waals surface area contributed by atoms with Crippen LogP contribution in [0.1, 0.15) is 30.5 Å². The van der Waals surface area contributed by atoms with Crippen LogP contribution in [-0.4, -0.2) is 37.5 Å². The molecule has 8 nitrogen and oxygen atoms in total. The quantitative estimate of drug-likeness (QED) is 0.536. The number of nitrogens with one attached hydrogen (secondary N) is 1. The molecule has 0 unspecified atom stereocenters. The molecule has 162 valence electrons. The molecule has 0 fully saturated rings. The molecule has 1 amide bonds. The Morgan fingerprint density at radius 2 is 1.83 bits per heavy atom. The van der Waals surface area contributed by atoms with Crippen LogP contribution >= 0.6 is 11.8 Å². The van der Waals surface area contributed by atoms with Crippen molar-refractivity contribution in [2.75, 3.05) is 12.3 Å². The second-order valence-corrected chi connectivity index (χ2v) is 8.54. The SMILES string of the molecule is Cc1ccc(N=C(SCC(=O)NCC(C)C)c2c(O)n(C)c(=O)n(C)c2=O)cc1C. The molecule has 2 rings (SSSR count). The Morgan fingerprint density at radius 1 is 1.17 bits per heavy atom. The van der Waals surface area contributed by atoms with Crippen LogP contribution in [0.15, 0.2) is 32.8 Å². The second kappa shape index (κ2) is 9.80. The lowest BCUT2D eigenvalue weighted by molar-refractivity contribution is -0.118. The van der Waals surface area contributed by atoms with Gasteiger partial charge in [0, 0.05) is 20.6 Å². The maximum Gasteiger partial charge on any atom is 0.333 e. The van der Waals surface area contributed by atoms with Gasteiger partial charge in [-0.3, -0.25) is 18.7 Å². The smallest absolute Gasteiger partial charge is 0.333 e. The van der Waals surface area contributed by atoms with Crippen LogP contribution in [-0.2, 0) is 18.9 Å². The van der Waals surface area contributed by atoms with Crippen molar-refractivity contribution in [3.63, 3.8) is 0 Å². The summed E-state index contributed by atoms with van der Waals surface area (Å²) in [7, 11) is 2.70. The molecule has 1 heterocycles. The molecule has 1 aromatic heterocycles. The topological polar surface area (TPSA) is 106 Å². The van der Waals surface area contributed by atoms with Gasteiger partial charge in [0.15, 0.2) is 0 Å². The second-order valence-electron chi connectivity index (χ2n) is 7.58. The minimum absolute atomic E-state index is 0.0157. The number of carbonyl (C=O) groups is 1. The first kappa shape index (κ1) is 23.5. The monoisotopic (exact) mass is 432 g/mol. The summed E-state index contributed by atoms with van der Waals surface area (Å²) in [6.45, 7) is 8.45. The molecule has 0 saturated heterocycles.